The normalized spacial score (nSPS) is 11.9. The van der Waals surface area contributed by atoms with Crippen molar-refractivity contribution >= 4 is 5.96 Å². The van der Waals surface area contributed by atoms with Gasteiger partial charge in [-0.25, -0.2) is 0 Å². The Kier molecular flexibility index (Phi) is 7.69. The first-order valence-electron chi connectivity index (χ1n) is 7.56. The lowest BCUT2D eigenvalue weighted by Gasteiger charge is -2.12. The van der Waals surface area contributed by atoms with Crippen molar-refractivity contribution in [3.8, 4) is 0 Å². The fraction of sp³-hybridized carbons (Fsp3) is 0.786. The van der Waals surface area contributed by atoms with Crippen molar-refractivity contribution in [3.05, 3.63) is 12.2 Å². The van der Waals surface area contributed by atoms with Crippen LogP contribution in [0, 0.1) is 5.92 Å². The lowest BCUT2D eigenvalue weighted by molar-refractivity contribution is 0.591. The van der Waals surface area contributed by atoms with Gasteiger partial charge in [0.2, 0.25) is 0 Å². The molecule has 0 saturated heterocycles. The van der Waals surface area contributed by atoms with Crippen LogP contribution in [0.25, 0.3) is 0 Å². The third-order valence-corrected chi connectivity index (χ3v) is 2.98. The lowest BCUT2D eigenvalue weighted by Crippen LogP contribution is -2.39. The molecule has 0 atom stereocenters. The van der Waals surface area contributed by atoms with Gasteiger partial charge in [-0.3, -0.25) is 4.99 Å². The number of rotatable bonds is 8. The molecular weight excluding hydrogens is 252 g/mol. The minimum absolute atomic E-state index is 0.686. The predicted molar refractivity (Wildman–Crippen MR) is 82.8 cm³/mol. The Balaban J connectivity index is 2.38. The van der Waals surface area contributed by atoms with Crippen molar-refractivity contribution in [2.24, 2.45) is 10.9 Å². The molecule has 1 aromatic rings. The molecule has 0 fully saturated rings. The summed E-state index contributed by atoms with van der Waals surface area (Å²) in [6.07, 6.45) is 3.80. The molecule has 0 aliphatic rings. The van der Waals surface area contributed by atoms with Gasteiger partial charge in [0.1, 0.15) is 12.2 Å². The van der Waals surface area contributed by atoms with Crippen LogP contribution in [-0.2, 0) is 13.0 Å². The molecule has 1 aromatic heterocycles. The van der Waals surface area contributed by atoms with E-state index in [0.29, 0.717) is 5.92 Å². The Labute approximate surface area is 122 Å². The average Bonchev–Trinajstić information content (AvgIpc) is 2.86. The van der Waals surface area contributed by atoms with Gasteiger partial charge >= 0.3 is 0 Å². The van der Waals surface area contributed by atoms with Crippen molar-refractivity contribution in [1.82, 2.24) is 25.4 Å². The minimum Gasteiger partial charge on any atom is -0.357 e. The highest BCUT2D eigenvalue weighted by molar-refractivity contribution is 5.79. The van der Waals surface area contributed by atoms with Crippen LogP contribution in [0.2, 0.25) is 0 Å². The van der Waals surface area contributed by atoms with Crippen molar-refractivity contribution < 1.29 is 0 Å². The number of aryl methyl sites for hydroxylation is 1. The summed E-state index contributed by atoms with van der Waals surface area (Å²) in [5.74, 6) is 2.60. The second kappa shape index (κ2) is 9.34. The molecule has 0 aromatic carbocycles. The van der Waals surface area contributed by atoms with Gasteiger partial charge in [0.15, 0.2) is 5.96 Å². The summed E-state index contributed by atoms with van der Waals surface area (Å²) in [5.41, 5.74) is 0. The summed E-state index contributed by atoms with van der Waals surface area (Å²) in [6.45, 7) is 12.0. The molecule has 0 radical (unpaired) electrons. The van der Waals surface area contributed by atoms with E-state index in [4.69, 9.17) is 0 Å². The van der Waals surface area contributed by atoms with E-state index >= 15 is 0 Å². The number of nitrogens with one attached hydrogen (secondary N) is 2. The highest BCUT2D eigenvalue weighted by Gasteiger charge is 2.02. The molecule has 1 rings (SSSR count). The molecule has 0 bridgehead atoms. The Morgan fingerprint density at radius 3 is 2.80 bits per heavy atom. The van der Waals surface area contributed by atoms with E-state index in [1.807, 2.05) is 0 Å². The summed E-state index contributed by atoms with van der Waals surface area (Å²) in [5, 5.41) is 14.6. The van der Waals surface area contributed by atoms with E-state index in [-0.39, 0.29) is 0 Å². The van der Waals surface area contributed by atoms with E-state index in [1.54, 1.807) is 6.33 Å². The van der Waals surface area contributed by atoms with Crippen LogP contribution in [0.4, 0.5) is 0 Å². The lowest BCUT2D eigenvalue weighted by atomic mass is 10.1. The van der Waals surface area contributed by atoms with E-state index in [1.165, 1.54) is 0 Å². The Bertz CT molecular complexity index is 396. The number of aliphatic imine (C=N–C) groups is 1. The van der Waals surface area contributed by atoms with Gasteiger partial charge < -0.3 is 15.2 Å². The molecule has 0 aliphatic heterocycles. The van der Waals surface area contributed by atoms with E-state index in [2.05, 4.69) is 58.1 Å². The molecule has 114 valence electrons. The molecule has 6 nitrogen and oxygen atoms in total. The summed E-state index contributed by atoms with van der Waals surface area (Å²) in [7, 11) is 0. The molecule has 1 heterocycles. The van der Waals surface area contributed by atoms with Crippen LogP contribution < -0.4 is 10.6 Å². The highest BCUT2D eigenvalue weighted by atomic mass is 15.3. The zero-order chi connectivity index (χ0) is 14.8. The van der Waals surface area contributed by atoms with Gasteiger partial charge in [-0.15, -0.1) is 10.2 Å². The molecule has 2 N–H and O–H groups in total. The molecule has 0 spiro atoms. The zero-order valence-corrected chi connectivity index (χ0v) is 13.2. The highest BCUT2D eigenvalue weighted by Crippen LogP contribution is 1.98. The van der Waals surface area contributed by atoms with E-state index < -0.39 is 0 Å². The molecule has 0 saturated carbocycles. The Morgan fingerprint density at radius 2 is 2.15 bits per heavy atom. The molecule has 20 heavy (non-hydrogen) atoms. The van der Waals surface area contributed by atoms with Crippen LogP contribution in [0.1, 0.15) is 39.9 Å². The van der Waals surface area contributed by atoms with E-state index in [9.17, 15) is 0 Å². The SMILES string of the molecule is CCNC(=NCCC(C)C)NCCn1cnnc1CC. The summed E-state index contributed by atoms with van der Waals surface area (Å²) in [6, 6.07) is 0. The van der Waals surface area contributed by atoms with Crippen molar-refractivity contribution in [2.75, 3.05) is 19.6 Å². The smallest absolute Gasteiger partial charge is 0.191 e. The quantitative estimate of drug-likeness (QED) is 0.558. The minimum atomic E-state index is 0.686. The van der Waals surface area contributed by atoms with Crippen LogP contribution in [0.3, 0.4) is 0 Å². The standard InChI is InChI=1S/C14H28N6/c1-5-13-19-18-11-20(13)10-9-17-14(15-6-2)16-8-7-12(3)4/h11-12H,5-10H2,1-4H3,(H2,15,16,17). The number of hydrogen-bond donors (Lipinski definition) is 2. The first-order chi connectivity index (χ1) is 9.67. The van der Waals surface area contributed by atoms with E-state index in [0.717, 1.165) is 50.8 Å². The monoisotopic (exact) mass is 280 g/mol. The molecule has 6 heteroatoms. The average molecular weight is 280 g/mol. The Hall–Kier alpha value is -1.59. The fourth-order valence-corrected chi connectivity index (χ4v) is 1.81. The first-order valence-corrected chi connectivity index (χ1v) is 7.56. The second-order valence-electron chi connectivity index (χ2n) is 5.16. The van der Waals surface area contributed by atoms with Gasteiger partial charge in [0, 0.05) is 32.6 Å². The molecule has 0 aliphatic carbocycles. The molecule has 0 amide bonds. The molecular formula is C14H28N6. The molecule has 0 unspecified atom stereocenters. The van der Waals surface area contributed by atoms with Crippen LogP contribution in [-0.4, -0.2) is 40.4 Å². The maximum atomic E-state index is 4.57. The predicted octanol–water partition coefficient (Wildman–Crippen LogP) is 1.44. The topological polar surface area (TPSA) is 67.1 Å². The van der Waals surface area contributed by atoms with Gasteiger partial charge in [-0.1, -0.05) is 20.8 Å². The number of guanidine groups is 1. The maximum Gasteiger partial charge on any atom is 0.191 e. The number of aromatic nitrogens is 3. The van der Waals surface area contributed by atoms with Gasteiger partial charge in [-0.2, -0.15) is 0 Å². The zero-order valence-electron chi connectivity index (χ0n) is 13.2. The van der Waals surface area contributed by atoms with Crippen molar-refractivity contribution in [3.63, 3.8) is 0 Å². The summed E-state index contributed by atoms with van der Waals surface area (Å²) >= 11 is 0. The summed E-state index contributed by atoms with van der Waals surface area (Å²) < 4.78 is 2.07. The van der Waals surface area contributed by atoms with Crippen molar-refractivity contribution in [1.29, 1.82) is 0 Å². The maximum absolute atomic E-state index is 4.57. The number of hydrogen-bond acceptors (Lipinski definition) is 3. The van der Waals surface area contributed by atoms with Crippen LogP contribution in [0.15, 0.2) is 11.3 Å². The summed E-state index contributed by atoms with van der Waals surface area (Å²) in [4.78, 5) is 4.57. The number of nitrogens with zero attached hydrogens (tertiary/aromatic N) is 4. The largest absolute Gasteiger partial charge is 0.357 e. The third kappa shape index (κ3) is 6.04. The third-order valence-electron chi connectivity index (χ3n) is 2.98. The van der Waals surface area contributed by atoms with Crippen molar-refractivity contribution in [2.45, 2.75) is 47.1 Å². The fourth-order valence-electron chi connectivity index (χ4n) is 1.81. The van der Waals surface area contributed by atoms with Crippen LogP contribution in [0.5, 0.6) is 0 Å². The van der Waals surface area contributed by atoms with Gasteiger partial charge in [0.25, 0.3) is 0 Å². The van der Waals surface area contributed by atoms with Gasteiger partial charge in [-0.05, 0) is 19.3 Å². The first kappa shape index (κ1) is 16.5. The Morgan fingerprint density at radius 1 is 1.35 bits per heavy atom. The van der Waals surface area contributed by atoms with Crippen LogP contribution >= 0.6 is 0 Å². The van der Waals surface area contributed by atoms with Gasteiger partial charge in [0.05, 0.1) is 0 Å². The second-order valence-corrected chi connectivity index (χ2v) is 5.16.